The second-order valence-corrected chi connectivity index (χ2v) is 5.44. The number of ether oxygens (including phenoxy) is 1. The van der Waals surface area contributed by atoms with Crippen LogP contribution < -0.4 is 5.32 Å². The van der Waals surface area contributed by atoms with Crippen LogP contribution in [0.5, 0.6) is 0 Å². The minimum Gasteiger partial charge on any atom is -0.367 e. The molecule has 0 spiro atoms. The van der Waals surface area contributed by atoms with Gasteiger partial charge in [0.1, 0.15) is 0 Å². The van der Waals surface area contributed by atoms with Crippen molar-refractivity contribution in [3.63, 3.8) is 0 Å². The number of methoxy groups -OCH3 is 1. The van der Waals surface area contributed by atoms with E-state index >= 15 is 0 Å². The minimum absolute atomic E-state index is 0.130. The van der Waals surface area contributed by atoms with Crippen molar-refractivity contribution in [2.24, 2.45) is 0 Å². The molecular formula is C17H18N4O3. The number of nitrogens with zero attached hydrogens (tertiary/aromatic N) is 2. The Labute approximate surface area is 139 Å². The third-order valence-electron chi connectivity index (χ3n) is 3.95. The number of H-pyrrole nitrogens is 1. The molecule has 1 atom stereocenters. The van der Waals surface area contributed by atoms with E-state index in [1.165, 1.54) is 13.2 Å². The fourth-order valence-electron chi connectivity index (χ4n) is 2.74. The molecule has 0 fully saturated rings. The number of amides is 2. The standard InChI is InChI=1S/C17H18N4O3/c1-3-14(22)18-16-12-9-21(10-13(12)19-20-16)17(23)15(24-2)11-7-5-4-6-8-11/h3-8,15H,1,9-10H2,2H3,(H2,18,19,20,22)/t15-/m1/s1. The van der Waals surface area contributed by atoms with Crippen LogP contribution in [0, 0.1) is 0 Å². The smallest absolute Gasteiger partial charge is 0.256 e. The lowest BCUT2D eigenvalue weighted by atomic mass is 10.1. The number of fused-ring (bicyclic) bond motifs is 1. The van der Waals surface area contributed by atoms with Gasteiger partial charge >= 0.3 is 0 Å². The molecule has 0 radical (unpaired) electrons. The van der Waals surface area contributed by atoms with E-state index in [9.17, 15) is 9.59 Å². The van der Waals surface area contributed by atoms with Crippen LogP contribution in [0.15, 0.2) is 43.0 Å². The predicted molar refractivity (Wildman–Crippen MR) is 87.9 cm³/mol. The second-order valence-electron chi connectivity index (χ2n) is 5.44. The van der Waals surface area contributed by atoms with Crippen LogP contribution in [0.1, 0.15) is 22.9 Å². The first kappa shape index (κ1) is 15.9. The van der Waals surface area contributed by atoms with Gasteiger partial charge in [-0.15, -0.1) is 0 Å². The van der Waals surface area contributed by atoms with E-state index in [0.717, 1.165) is 16.8 Å². The van der Waals surface area contributed by atoms with Gasteiger partial charge in [0, 0.05) is 12.7 Å². The summed E-state index contributed by atoms with van der Waals surface area (Å²) in [6, 6.07) is 9.35. The minimum atomic E-state index is -0.658. The predicted octanol–water partition coefficient (Wildman–Crippen LogP) is 1.76. The first-order valence-electron chi connectivity index (χ1n) is 7.50. The molecule has 0 unspecified atom stereocenters. The Bertz CT molecular complexity index is 769. The number of nitrogens with one attached hydrogen (secondary N) is 2. The number of hydrogen-bond donors (Lipinski definition) is 2. The van der Waals surface area contributed by atoms with Crippen LogP contribution in [0.2, 0.25) is 0 Å². The molecule has 7 nitrogen and oxygen atoms in total. The Balaban J connectivity index is 1.76. The molecule has 7 heteroatoms. The Morgan fingerprint density at radius 1 is 1.38 bits per heavy atom. The molecule has 1 aromatic carbocycles. The fraction of sp³-hybridized carbons (Fsp3) is 0.235. The molecule has 24 heavy (non-hydrogen) atoms. The topological polar surface area (TPSA) is 87.3 Å². The van der Waals surface area contributed by atoms with Gasteiger partial charge in [-0.2, -0.15) is 5.10 Å². The number of carbonyl (C=O) groups excluding carboxylic acids is 2. The number of rotatable bonds is 5. The molecule has 1 aliphatic heterocycles. The van der Waals surface area contributed by atoms with Crippen LogP contribution >= 0.6 is 0 Å². The van der Waals surface area contributed by atoms with E-state index in [4.69, 9.17) is 4.74 Å². The Morgan fingerprint density at radius 2 is 2.12 bits per heavy atom. The largest absolute Gasteiger partial charge is 0.367 e. The highest BCUT2D eigenvalue weighted by atomic mass is 16.5. The van der Waals surface area contributed by atoms with Crippen molar-refractivity contribution < 1.29 is 14.3 Å². The maximum Gasteiger partial charge on any atom is 0.256 e. The van der Waals surface area contributed by atoms with E-state index in [-0.39, 0.29) is 11.8 Å². The highest BCUT2D eigenvalue weighted by molar-refractivity contribution is 5.98. The van der Waals surface area contributed by atoms with Crippen molar-refractivity contribution in [1.29, 1.82) is 0 Å². The monoisotopic (exact) mass is 326 g/mol. The molecule has 0 saturated carbocycles. The maximum atomic E-state index is 12.8. The number of anilines is 1. The number of aromatic amines is 1. The van der Waals surface area contributed by atoms with E-state index in [2.05, 4.69) is 22.1 Å². The summed E-state index contributed by atoms with van der Waals surface area (Å²) in [6.45, 7) is 4.18. The van der Waals surface area contributed by atoms with Crippen molar-refractivity contribution in [2.75, 3.05) is 12.4 Å². The van der Waals surface area contributed by atoms with Gasteiger partial charge in [-0.25, -0.2) is 0 Å². The highest BCUT2D eigenvalue weighted by Gasteiger charge is 2.33. The van der Waals surface area contributed by atoms with E-state index < -0.39 is 6.10 Å². The first-order valence-corrected chi connectivity index (χ1v) is 7.50. The van der Waals surface area contributed by atoms with Gasteiger partial charge in [0.05, 0.1) is 18.8 Å². The lowest BCUT2D eigenvalue weighted by Crippen LogP contribution is -2.32. The van der Waals surface area contributed by atoms with Crippen molar-refractivity contribution in [3.05, 3.63) is 59.8 Å². The maximum absolute atomic E-state index is 12.8. The molecule has 1 aliphatic rings. The fourth-order valence-corrected chi connectivity index (χ4v) is 2.74. The van der Waals surface area contributed by atoms with Crippen LogP contribution in [-0.4, -0.2) is 34.0 Å². The lowest BCUT2D eigenvalue weighted by molar-refractivity contribution is -0.143. The summed E-state index contributed by atoms with van der Waals surface area (Å²) in [4.78, 5) is 25.9. The summed E-state index contributed by atoms with van der Waals surface area (Å²) >= 11 is 0. The molecule has 124 valence electrons. The molecule has 2 amide bonds. The first-order chi connectivity index (χ1) is 11.6. The zero-order valence-electron chi connectivity index (χ0n) is 13.3. The van der Waals surface area contributed by atoms with E-state index in [1.54, 1.807) is 4.90 Å². The molecule has 0 saturated heterocycles. The molecule has 3 rings (SSSR count). The van der Waals surface area contributed by atoms with Gasteiger partial charge < -0.3 is 15.0 Å². The van der Waals surface area contributed by atoms with Gasteiger partial charge in [0.25, 0.3) is 5.91 Å². The van der Waals surface area contributed by atoms with Crippen molar-refractivity contribution in [2.45, 2.75) is 19.2 Å². The summed E-state index contributed by atoms with van der Waals surface area (Å²) in [5.41, 5.74) is 2.42. The Kier molecular flexibility index (Phi) is 4.43. The van der Waals surface area contributed by atoms with Crippen molar-refractivity contribution in [3.8, 4) is 0 Å². The van der Waals surface area contributed by atoms with Crippen molar-refractivity contribution >= 4 is 17.6 Å². The van der Waals surface area contributed by atoms with E-state index in [1.807, 2.05) is 30.3 Å². The van der Waals surface area contributed by atoms with Gasteiger partial charge in [0.2, 0.25) is 5.91 Å². The molecular weight excluding hydrogens is 308 g/mol. The number of aromatic nitrogens is 2. The van der Waals surface area contributed by atoms with Crippen LogP contribution in [0.3, 0.4) is 0 Å². The third-order valence-corrected chi connectivity index (χ3v) is 3.95. The molecule has 2 N–H and O–H groups in total. The molecule has 2 heterocycles. The molecule has 0 aliphatic carbocycles. The number of carbonyl (C=O) groups is 2. The van der Waals surface area contributed by atoms with Gasteiger partial charge in [-0.05, 0) is 11.6 Å². The normalized spacial score (nSPS) is 14.1. The summed E-state index contributed by atoms with van der Waals surface area (Å²) in [6.07, 6.45) is 0.518. The van der Waals surface area contributed by atoms with Gasteiger partial charge in [-0.1, -0.05) is 36.9 Å². The Hall–Kier alpha value is -2.93. The SMILES string of the molecule is C=CC(=O)Nc1n[nH]c2c1CN(C(=O)[C@H](OC)c1ccccc1)C2. The van der Waals surface area contributed by atoms with Gasteiger partial charge in [-0.3, -0.25) is 14.7 Å². The lowest BCUT2D eigenvalue weighted by Gasteiger charge is -2.22. The average Bonchev–Trinajstić information content (AvgIpc) is 3.18. The second kappa shape index (κ2) is 6.67. The molecule has 1 aromatic heterocycles. The highest BCUT2D eigenvalue weighted by Crippen LogP contribution is 2.30. The number of hydrogen-bond acceptors (Lipinski definition) is 4. The Morgan fingerprint density at radius 3 is 2.79 bits per heavy atom. The summed E-state index contributed by atoms with van der Waals surface area (Å²) in [5, 5.41) is 9.57. The molecule has 2 aromatic rings. The van der Waals surface area contributed by atoms with Crippen LogP contribution in [-0.2, 0) is 27.4 Å². The van der Waals surface area contributed by atoms with E-state index in [0.29, 0.717) is 18.9 Å². The van der Waals surface area contributed by atoms with Crippen molar-refractivity contribution in [1.82, 2.24) is 15.1 Å². The zero-order valence-corrected chi connectivity index (χ0v) is 13.3. The summed E-state index contributed by atoms with van der Waals surface area (Å²) < 4.78 is 5.40. The average molecular weight is 326 g/mol. The zero-order chi connectivity index (χ0) is 17.1. The third kappa shape index (κ3) is 2.93. The van der Waals surface area contributed by atoms with Crippen LogP contribution in [0.4, 0.5) is 5.82 Å². The molecule has 0 bridgehead atoms. The number of benzene rings is 1. The summed E-state index contributed by atoms with van der Waals surface area (Å²) in [7, 11) is 1.52. The van der Waals surface area contributed by atoms with Gasteiger partial charge in [0.15, 0.2) is 11.9 Å². The van der Waals surface area contributed by atoms with Crippen LogP contribution in [0.25, 0.3) is 0 Å². The summed E-state index contributed by atoms with van der Waals surface area (Å²) in [5.74, 6) is -0.0405. The quantitative estimate of drug-likeness (QED) is 0.820.